The molecule has 0 aromatic rings. The minimum absolute atomic E-state index is 0. The van der Waals surface area contributed by atoms with Gasteiger partial charge in [-0.15, -0.1) is 0 Å². The predicted molar refractivity (Wildman–Crippen MR) is 82.4 cm³/mol. The Morgan fingerprint density at radius 1 is 0.579 bits per heavy atom. The van der Waals surface area contributed by atoms with E-state index in [2.05, 4.69) is 8.62 Å². The van der Waals surface area contributed by atoms with Crippen molar-refractivity contribution in [1.82, 2.24) is 0 Å². The second-order valence-corrected chi connectivity index (χ2v) is 5.82. The average molecular weight is 486 g/mol. The van der Waals surface area contributed by atoms with Crippen LogP contribution < -0.4 is 0 Å². The van der Waals surface area contributed by atoms with Crippen LogP contribution in [0.3, 0.4) is 0 Å². The number of phosphoric acid groups is 3. The summed E-state index contributed by atoms with van der Waals surface area (Å²) in [6.45, 7) is 0. The molecule has 0 aliphatic rings. The monoisotopic (exact) mass is 486 g/mol. The van der Waals surface area contributed by atoms with Gasteiger partial charge in [0.1, 0.15) is 0 Å². The van der Waals surface area contributed by atoms with Gasteiger partial charge in [-0.3, -0.25) is 0 Å². The van der Waals surface area contributed by atoms with Crippen molar-refractivity contribution in [3.63, 3.8) is 0 Å². The standard InChI is InChI=1S/5Ca.H5O10P3.H2O.10H/c;;;;;1-11(2,3)9-13(7,8)10-12(4,5)6;;;;;;;;;;;/h;;;;;(H,7,8)(H2,1,2,3)(H2,4,5,6);1H2;;;;;;;;;;. The molecule has 19 heteroatoms. The van der Waals surface area contributed by atoms with Gasteiger partial charge >= 0.3 is 212 Å². The summed E-state index contributed by atoms with van der Waals surface area (Å²) < 4.78 is 36.4. The number of hydrogen-bond donors (Lipinski definition) is 5. The Morgan fingerprint density at radius 3 is 0.842 bits per heavy atom. The first-order valence-electron chi connectivity index (χ1n) is 2.28. The van der Waals surface area contributed by atoms with Crippen molar-refractivity contribution in [3.8, 4) is 0 Å². The summed E-state index contributed by atoms with van der Waals surface area (Å²) in [6.07, 6.45) is 0. The van der Waals surface area contributed by atoms with Crippen molar-refractivity contribution < 1.29 is 52.3 Å². The van der Waals surface area contributed by atoms with Gasteiger partial charge in [0.05, 0.1) is 0 Å². The zero-order valence-corrected chi connectivity index (χ0v) is 8.80. The van der Waals surface area contributed by atoms with Gasteiger partial charge in [-0.2, -0.15) is 8.62 Å². The number of rotatable bonds is 4. The van der Waals surface area contributed by atoms with E-state index in [1.165, 1.54) is 0 Å². The maximum atomic E-state index is 10.4. The first-order valence-corrected chi connectivity index (χ1v) is 6.83. The van der Waals surface area contributed by atoms with Crippen molar-refractivity contribution in [2.45, 2.75) is 0 Å². The molecule has 108 valence electrons. The van der Waals surface area contributed by atoms with Crippen LogP contribution in [0.2, 0.25) is 0 Å². The van der Waals surface area contributed by atoms with E-state index in [1.807, 2.05) is 0 Å². The van der Waals surface area contributed by atoms with E-state index in [0.29, 0.717) is 0 Å². The van der Waals surface area contributed by atoms with E-state index in [-0.39, 0.29) is 194 Å². The third kappa shape index (κ3) is 36.4. The summed E-state index contributed by atoms with van der Waals surface area (Å²) >= 11 is 0. The van der Waals surface area contributed by atoms with E-state index < -0.39 is 23.5 Å². The molecule has 0 aromatic carbocycles. The Bertz CT molecular complexity index is 288. The molecule has 11 nitrogen and oxygen atoms in total. The predicted octanol–water partition coefficient (Wildman–Crippen LogP) is -6.10. The fourth-order valence-electron chi connectivity index (χ4n) is 0.284. The Morgan fingerprint density at radius 2 is 0.737 bits per heavy atom. The second kappa shape index (κ2) is 19.4. The first kappa shape index (κ1) is 44.8. The van der Waals surface area contributed by atoms with Crippen LogP contribution in [-0.2, 0) is 22.3 Å². The van der Waals surface area contributed by atoms with Crippen LogP contribution in [-0.4, -0.2) is 219 Å². The molecule has 0 aliphatic carbocycles. The normalized spacial score (nSPS) is 9.95. The molecule has 7 N–H and O–H groups in total. The van der Waals surface area contributed by atoms with E-state index in [1.54, 1.807) is 0 Å². The van der Waals surface area contributed by atoms with E-state index in [9.17, 15) is 13.7 Å². The molecular formula is H17Ca5O11P3. The summed E-state index contributed by atoms with van der Waals surface area (Å²) in [6, 6.07) is 0. The molecule has 0 fully saturated rings. The molecule has 0 amide bonds. The molecule has 0 unspecified atom stereocenters. The Balaban J connectivity index is -0.0000000480. The van der Waals surface area contributed by atoms with Gasteiger partial charge in [-0.05, 0) is 0 Å². The fourth-order valence-corrected chi connectivity index (χ4v) is 2.82. The summed E-state index contributed by atoms with van der Waals surface area (Å²) in [4.78, 5) is 40.2. The third-order valence-electron chi connectivity index (χ3n) is 0.419. The van der Waals surface area contributed by atoms with Gasteiger partial charge in [-0.25, -0.2) is 13.7 Å². The summed E-state index contributed by atoms with van der Waals surface area (Å²) in [5.74, 6) is 0. The molecular weight excluding hydrogens is 469 g/mol. The molecule has 0 atom stereocenters. The second-order valence-electron chi connectivity index (χ2n) is 1.61. The molecule has 19 heavy (non-hydrogen) atoms. The van der Waals surface area contributed by atoms with Gasteiger partial charge in [0, 0.05) is 0 Å². The topological polar surface area (TPSA) is 202 Å². The quantitative estimate of drug-likeness (QED) is 0.188. The van der Waals surface area contributed by atoms with Gasteiger partial charge in [0.15, 0.2) is 0 Å². The van der Waals surface area contributed by atoms with Crippen molar-refractivity contribution in [3.05, 3.63) is 0 Å². The van der Waals surface area contributed by atoms with E-state index in [0.717, 1.165) is 0 Å². The van der Waals surface area contributed by atoms with Gasteiger partial charge in [0.2, 0.25) is 0 Å². The van der Waals surface area contributed by atoms with Gasteiger partial charge in [-0.1, -0.05) is 0 Å². The van der Waals surface area contributed by atoms with Crippen LogP contribution in [0.25, 0.3) is 0 Å². The molecule has 0 aromatic heterocycles. The van der Waals surface area contributed by atoms with Crippen molar-refractivity contribution in [1.29, 1.82) is 0 Å². The molecule has 0 saturated heterocycles. The van der Waals surface area contributed by atoms with Crippen molar-refractivity contribution in [2.24, 2.45) is 0 Å². The Hall–Kier alpha value is 6.67. The molecule has 0 heterocycles. The molecule has 0 radical (unpaired) electrons. The average Bonchev–Trinajstić information content (AvgIpc) is 1.43. The number of hydrogen-bond acceptors (Lipinski definition) is 5. The van der Waals surface area contributed by atoms with Crippen LogP contribution in [0.4, 0.5) is 0 Å². The van der Waals surface area contributed by atoms with Gasteiger partial charge < -0.3 is 29.9 Å². The molecule has 0 bridgehead atoms. The van der Waals surface area contributed by atoms with E-state index in [4.69, 9.17) is 24.5 Å². The van der Waals surface area contributed by atoms with E-state index >= 15 is 0 Å². The van der Waals surface area contributed by atoms with Crippen LogP contribution in [0, 0.1) is 0 Å². The zero-order valence-electron chi connectivity index (χ0n) is 6.12. The van der Waals surface area contributed by atoms with Crippen molar-refractivity contribution >= 4 is 212 Å². The first-order chi connectivity index (χ1) is 5.41. The van der Waals surface area contributed by atoms with Gasteiger partial charge in [0.25, 0.3) is 0 Å². The molecule has 0 aliphatic heterocycles. The van der Waals surface area contributed by atoms with Crippen molar-refractivity contribution in [2.75, 3.05) is 0 Å². The van der Waals surface area contributed by atoms with Crippen LogP contribution in [0.5, 0.6) is 0 Å². The Kier molecular flexibility index (Phi) is 45.8. The summed E-state index contributed by atoms with van der Waals surface area (Å²) in [5, 5.41) is 0. The molecule has 0 saturated carbocycles. The summed E-state index contributed by atoms with van der Waals surface area (Å²) in [7, 11) is -16.2. The Labute approximate surface area is 257 Å². The molecule has 0 spiro atoms. The minimum atomic E-state index is -5.46. The molecule has 0 rings (SSSR count). The third-order valence-corrected chi connectivity index (χ3v) is 3.77. The summed E-state index contributed by atoms with van der Waals surface area (Å²) in [5.41, 5.74) is 0. The fraction of sp³-hybridized carbons (Fsp3) is 0. The van der Waals surface area contributed by atoms with Crippen LogP contribution >= 0.6 is 23.5 Å². The van der Waals surface area contributed by atoms with Crippen LogP contribution in [0.15, 0.2) is 0 Å². The van der Waals surface area contributed by atoms with Crippen LogP contribution in [0.1, 0.15) is 0 Å². The zero-order chi connectivity index (χ0) is 10.9. The maximum absolute atomic E-state index is 10.4. The SMILES string of the molecule is O.O=P(O)(O)OP(=O)(O)OP(=O)(O)O.[CaH2].[CaH2].[CaH2].[CaH2].[CaH2].